The van der Waals surface area contributed by atoms with E-state index in [2.05, 4.69) is 0 Å². The first-order chi connectivity index (χ1) is 6.90. The van der Waals surface area contributed by atoms with E-state index in [9.17, 15) is 10.2 Å². The molecule has 0 saturated carbocycles. The lowest BCUT2D eigenvalue weighted by molar-refractivity contribution is 0.0272. The van der Waals surface area contributed by atoms with Crippen LogP contribution in [0.4, 0.5) is 0 Å². The first-order valence-electron chi connectivity index (χ1n) is 5.02. The minimum atomic E-state index is -0.869. The second-order valence-electron chi connectivity index (χ2n) is 4.31. The van der Waals surface area contributed by atoms with Gasteiger partial charge in [-0.15, -0.1) is 0 Å². The zero-order chi connectivity index (χ0) is 11.5. The van der Waals surface area contributed by atoms with E-state index < -0.39 is 11.7 Å². The van der Waals surface area contributed by atoms with E-state index in [4.69, 9.17) is 4.74 Å². The predicted molar refractivity (Wildman–Crippen MR) is 58.9 cm³/mol. The third-order valence-corrected chi connectivity index (χ3v) is 1.95. The van der Waals surface area contributed by atoms with E-state index in [0.717, 1.165) is 5.56 Å². The molecule has 0 aliphatic rings. The highest BCUT2D eigenvalue weighted by atomic mass is 16.5. The van der Waals surface area contributed by atoms with Gasteiger partial charge in [-0.2, -0.15) is 0 Å². The van der Waals surface area contributed by atoms with Gasteiger partial charge in [0, 0.05) is 5.56 Å². The maximum atomic E-state index is 9.52. The van der Waals surface area contributed by atoms with Crippen LogP contribution in [0, 0.1) is 0 Å². The van der Waals surface area contributed by atoms with Crippen molar-refractivity contribution in [1.82, 2.24) is 0 Å². The summed E-state index contributed by atoms with van der Waals surface area (Å²) in [4.78, 5) is 0. The maximum absolute atomic E-state index is 9.52. The standard InChI is InChI=1S/C12H18O3/c1-9(13)10-6-4-5-7-11(10)15-8-12(2,3)14/h4-7,9,13-14H,8H2,1-3H3/t9-/m1/s1. The highest BCUT2D eigenvalue weighted by Crippen LogP contribution is 2.25. The van der Waals surface area contributed by atoms with Gasteiger partial charge in [0.15, 0.2) is 0 Å². The van der Waals surface area contributed by atoms with Crippen LogP contribution in [0.1, 0.15) is 32.4 Å². The molecule has 0 spiro atoms. The van der Waals surface area contributed by atoms with Crippen LogP contribution in [0.3, 0.4) is 0 Å². The van der Waals surface area contributed by atoms with Crippen LogP contribution >= 0.6 is 0 Å². The smallest absolute Gasteiger partial charge is 0.125 e. The number of hydrogen-bond acceptors (Lipinski definition) is 3. The Bertz CT molecular complexity index is 313. The van der Waals surface area contributed by atoms with Gasteiger partial charge < -0.3 is 14.9 Å². The van der Waals surface area contributed by atoms with E-state index in [1.165, 1.54) is 0 Å². The Kier molecular flexibility index (Phi) is 3.72. The molecule has 84 valence electrons. The van der Waals surface area contributed by atoms with Gasteiger partial charge >= 0.3 is 0 Å². The number of ether oxygens (including phenoxy) is 1. The Morgan fingerprint density at radius 3 is 2.47 bits per heavy atom. The predicted octanol–water partition coefficient (Wildman–Crippen LogP) is 1.89. The third kappa shape index (κ3) is 3.90. The Morgan fingerprint density at radius 1 is 1.33 bits per heavy atom. The molecular weight excluding hydrogens is 192 g/mol. The van der Waals surface area contributed by atoms with Gasteiger partial charge in [-0.1, -0.05) is 18.2 Å². The van der Waals surface area contributed by atoms with Crippen molar-refractivity contribution < 1.29 is 14.9 Å². The average molecular weight is 210 g/mol. The molecule has 1 aromatic rings. The monoisotopic (exact) mass is 210 g/mol. The Labute approximate surface area is 90.3 Å². The van der Waals surface area contributed by atoms with Crippen molar-refractivity contribution >= 4 is 0 Å². The molecule has 2 N–H and O–H groups in total. The molecule has 1 aromatic carbocycles. The summed E-state index contributed by atoms with van der Waals surface area (Å²) in [5.41, 5.74) is -0.132. The zero-order valence-electron chi connectivity index (χ0n) is 9.40. The molecule has 0 aliphatic carbocycles. The van der Waals surface area contributed by atoms with Gasteiger partial charge in [-0.05, 0) is 26.8 Å². The highest BCUT2D eigenvalue weighted by Gasteiger charge is 2.15. The fraction of sp³-hybridized carbons (Fsp3) is 0.500. The van der Waals surface area contributed by atoms with Gasteiger partial charge in [0.1, 0.15) is 12.4 Å². The molecule has 0 saturated heterocycles. The van der Waals surface area contributed by atoms with Crippen LogP contribution in [-0.2, 0) is 0 Å². The molecular formula is C12H18O3. The SMILES string of the molecule is C[C@@H](O)c1ccccc1OCC(C)(C)O. The highest BCUT2D eigenvalue weighted by molar-refractivity contribution is 5.34. The summed E-state index contributed by atoms with van der Waals surface area (Å²) in [6, 6.07) is 7.28. The van der Waals surface area contributed by atoms with Crippen molar-refractivity contribution in [2.24, 2.45) is 0 Å². The second-order valence-corrected chi connectivity index (χ2v) is 4.31. The lowest BCUT2D eigenvalue weighted by Crippen LogP contribution is -2.28. The lowest BCUT2D eigenvalue weighted by atomic mass is 10.1. The van der Waals surface area contributed by atoms with Crippen molar-refractivity contribution in [3.63, 3.8) is 0 Å². The van der Waals surface area contributed by atoms with Gasteiger partial charge in [-0.25, -0.2) is 0 Å². The van der Waals surface area contributed by atoms with E-state index >= 15 is 0 Å². The van der Waals surface area contributed by atoms with Crippen molar-refractivity contribution in [3.05, 3.63) is 29.8 Å². The quantitative estimate of drug-likeness (QED) is 0.797. The summed E-state index contributed by atoms with van der Waals surface area (Å²) in [7, 11) is 0. The molecule has 1 rings (SSSR count). The summed E-state index contributed by atoms with van der Waals surface area (Å²) in [6.45, 7) is 5.25. The number of benzene rings is 1. The minimum Gasteiger partial charge on any atom is -0.490 e. The van der Waals surface area contributed by atoms with Crippen molar-refractivity contribution in [2.75, 3.05) is 6.61 Å². The molecule has 15 heavy (non-hydrogen) atoms. The molecule has 0 amide bonds. The van der Waals surface area contributed by atoms with E-state index in [1.54, 1.807) is 26.8 Å². The number of aliphatic hydroxyl groups excluding tert-OH is 1. The number of para-hydroxylation sites is 1. The molecule has 0 aliphatic heterocycles. The lowest BCUT2D eigenvalue weighted by Gasteiger charge is -2.20. The van der Waals surface area contributed by atoms with Crippen molar-refractivity contribution in [1.29, 1.82) is 0 Å². The number of rotatable bonds is 4. The van der Waals surface area contributed by atoms with Crippen LogP contribution in [0.25, 0.3) is 0 Å². The Hall–Kier alpha value is -1.06. The van der Waals surface area contributed by atoms with Gasteiger partial charge in [0.2, 0.25) is 0 Å². The van der Waals surface area contributed by atoms with E-state index in [-0.39, 0.29) is 6.61 Å². The summed E-state index contributed by atoms with van der Waals surface area (Å²) in [5, 5.41) is 19.0. The Morgan fingerprint density at radius 2 is 1.93 bits per heavy atom. The summed E-state index contributed by atoms with van der Waals surface area (Å²) in [6.07, 6.45) is -0.567. The minimum absolute atomic E-state index is 0.205. The first kappa shape index (κ1) is 12.0. The van der Waals surface area contributed by atoms with E-state index in [1.807, 2.05) is 18.2 Å². The number of hydrogen-bond donors (Lipinski definition) is 2. The molecule has 3 nitrogen and oxygen atoms in total. The average Bonchev–Trinajstić information content (AvgIpc) is 2.14. The first-order valence-corrected chi connectivity index (χ1v) is 5.02. The molecule has 0 radical (unpaired) electrons. The van der Waals surface area contributed by atoms with Crippen LogP contribution in [-0.4, -0.2) is 22.4 Å². The topological polar surface area (TPSA) is 49.7 Å². The van der Waals surface area contributed by atoms with Crippen molar-refractivity contribution in [3.8, 4) is 5.75 Å². The molecule has 0 aromatic heterocycles. The molecule has 0 unspecified atom stereocenters. The van der Waals surface area contributed by atoms with Crippen LogP contribution in [0.2, 0.25) is 0 Å². The molecule has 0 bridgehead atoms. The fourth-order valence-electron chi connectivity index (χ4n) is 1.21. The van der Waals surface area contributed by atoms with Gasteiger partial charge in [-0.3, -0.25) is 0 Å². The normalized spacial score (nSPS) is 13.7. The van der Waals surface area contributed by atoms with Crippen molar-refractivity contribution in [2.45, 2.75) is 32.5 Å². The summed E-state index contributed by atoms with van der Waals surface area (Å²) >= 11 is 0. The molecule has 1 atom stereocenters. The number of aliphatic hydroxyl groups is 2. The van der Waals surface area contributed by atoms with Gasteiger partial charge in [0.25, 0.3) is 0 Å². The largest absolute Gasteiger partial charge is 0.490 e. The molecule has 0 heterocycles. The fourth-order valence-corrected chi connectivity index (χ4v) is 1.21. The van der Waals surface area contributed by atoms with E-state index in [0.29, 0.717) is 5.75 Å². The molecule has 0 fully saturated rings. The summed E-state index contributed by atoms with van der Waals surface area (Å²) in [5.74, 6) is 0.620. The zero-order valence-corrected chi connectivity index (χ0v) is 9.40. The third-order valence-electron chi connectivity index (χ3n) is 1.95. The summed E-state index contributed by atoms with van der Waals surface area (Å²) < 4.78 is 5.45. The van der Waals surface area contributed by atoms with Crippen LogP contribution < -0.4 is 4.74 Å². The molecule has 3 heteroatoms. The van der Waals surface area contributed by atoms with Crippen LogP contribution in [0.15, 0.2) is 24.3 Å². The maximum Gasteiger partial charge on any atom is 0.125 e. The van der Waals surface area contributed by atoms with Gasteiger partial charge in [0.05, 0.1) is 11.7 Å². The van der Waals surface area contributed by atoms with Crippen LogP contribution in [0.5, 0.6) is 5.75 Å². The second kappa shape index (κ2) is 4.64. The Balaban J connectivity index is 2.76.